The highest BCUT2D eigenvalue weighted by Gasteiger charge is 2.16. The van der Waals surface area contributed by atoms with Crippen molar-refractivity contribution in [3.63, 3.8) is 0 Å². The number of hydrogen-bond donors (Lipinski definition) is 1. The summed E-state index contributed by atoms with van der Waals surface area (Å²) in [5.41, 5.74) is 1.80. The average molecular weight is 657 g/mol. The number of amidine groups is 2. The lowest BCUT2D eigenvalue weighted by atomic mass is 10.0. The van der Waals surface area contributed by atoms with E-state index in [9.17, 15) is 10.0 Å². The molecule has 0 bridgehead atoms. The maximum absolute atomic E-state index is 12.2. The number of phenols is 1. The van der Waals surface area contributed by atoms with Crippen LogP contribution in [0.2, 0.25) is 0 Å². The molecule has 0 amide bonds. The zero-order valence-corrected chi connectivity index (χ0v) is 29.3. The Kier molecular flexibility index (Phi) is 16.3. The number of nitroso groups, excluding NO2 is 1. The fraction of sp³-hybridized carbons (Fsp3) is 0.462. The maximum Gasteiger partial charge on any atom is 0.161 e. The van der Waals surface area contributed by atoms with Crippen molar-refractivity contribution in [2.75, 3.05) is 20.3 Å². The Morgan fingerprint density at radius 2 is 1.38 bits per heavy atom. The van der Waals surface area contributed by atoms with E-state index in [0.717, 1.165) is 44.9 Å². The molecule has 9 heteroatoms. The van der Waals surface area contributed by atoms with Crippen LogP contribution in [0.4, 0.5) is 5.69 Å². The monoisotopic (exact) mass is 656 g/mol. The molecule has 48 heavy (non-hydrogen) atoms. The van der Waals surface area contributed by atoms with Gasteiger partial charge in [0.15, 0.2) is 11.7 Å². The van der Waals surface area contributed by atoms with Crippen molar-refractivity contribution in [3.8, 4) is 23.0 Å². The number of unbranched alkanes of at least 4 members (excludes halogenated alkanes) is 2. The van der Waals surface area contributed by atoms with Gasteiger partial charge in [-0.1, -0.05) is 66.2 Å². The highest BCUT2D eigenvalue weighted by atomic mass is 16.5. The summed E-state index contributed by atoms with van der Waals surface area (Å²) in [6.45, 7) is 13.7. The Bertz CT molecular complexity index is 1500. The molecular formula is C39H52N4O5. The van der Waals surface area contributed by atoms with Gasteiger partial charge in [-0.3, -0.25) is 4.99 Å². The number of ether oxygens (including phenoxy) is 3. The van der Waals surface area contributed by atoms with E-state index < -0.39 is 0 Å². The summed E-state index contributed by atoms with van der Waals surface area (Å²) in [4.78, 5) is 25.8. The summed E-state index contributed by atoms with van der Waals surface area (Å²) in [5, 5.41) is 14.2. The molecular weight excluding hydrogens is 604 g/mol. The first kappa shape index (κ1) is 37.9. The highest BCUT2D eigenvalue weighted by Crippen LogP contribution is 2.30. The van der Waals surface area contributed by atoms with Crippen molar-refractivity contribution in [1.29, 1.82) is 0 Å². The van der Waals surface area contributed by atoms with Crippen LogP contribution in [0.1, 0.15) is 95.8 Å². The van der Waals surface area contributed by atoms with Gasteiger partial charge in [-0.05, 0) is 85.1 Å². The van der Waals surface area contributed by atoms with Crippen molar-refractivity contribution in [3.05, 3.63) is 82.3 Å². The molecule has 0 aliphatic heterocycles. The van der Waals surface area contributed by atoms with Crippen LogP contribution >= 0.6 is 0 Å². The molecule has 0 saturated carbocycles. The number of hydrogen-bond acceptors (Lipinski definition) is 7. The van der Waals surface area contributed by atoms with E-state index in [0.29, 0.717) is 64.8 Å². The topological polar surface area (TPSA) is 114 Å². The van der Waals surface area contributed by atoms with E-state index in [-0.39, 0.29) is 23.8 Å². The molecule has 0 radical (unpaired) electrons. The average Bonchev–Trinajstić information content (AvgIpc) is 3.12. The Hall–Kier alpha value is -4.53. The number of methoxy groups -OCH3 is 1. The summed E-state index contributed by atoms with van der Waals surface area (Å²) < 4.78 is 17.4. The minimum absolute atomic E-state index is 0.0597. The van der Waals surface area contributed by atoms with Gasteiger partial charge in [-0.25, -0.2) is 9.98 Å². The Morgan fingerprint density at radius 3 is 1.90 bits per heavy atom. The number of nitrogens with zero attached hydrogens (tertiary/aromatic N) is 4. The van der Waals surface area contributed by atoms with Gasteiger partial charge in [-0.2, -0.15) is 0 Å². The van der Waals surface area contributed by atoms with E-state index in [1.807, 2.05) is 18.2 Å². The highest BCUT2D eigenvalue weighted by molar-refractivity contribution is 6.14. The zero-order chi connectivity index (χ0) is 34.7. The van der Waals surface area contributed by atoms with E-state index in [1.54, 1.807) is 49.6 Å². The fourth-order valence-corrected chi connectivity index (χ4v) is 5.23. The molecule has 2 unspecified atom stereocenters. The second kappa shape index (κ2) is 20.7. The van der Waals surface area contributed by atoms with Gasteiger partial charge in [0.25, 0.3) is 0 Å². The largest absolute Gasteiger partial charge is 0.507 e. The van der Waals surface area contributed by atoms with Crippen LogP contribution in [0.5, 0.6) is 23.0 Å². The second-order valence-electron chi connectivity index (χ2n) is 12.0. The third-order valence-corrected chi connectivity index (χ3v) is 8.53. The first-order valence-electron chi connectivity index (χ1n) is 17.2. The van der Waals surface area contributed by atoms with Gasteiger partial charge in [0.05, 0.1) is 26.9 Å². The van der Waals surface area contributed by atoms with Crippen molar-refractivity contribution < 1.29 is 19.3 Å². The fourth-order valence-electron chi connectivity index (χ4n) is 5.23. The van der Waals surface area contributed by atoms with E-state index >= 15 is 0 Å². The Morgan fingerprint density at radius 1 is 0.792 bits per heavy atom. The SMILES string of the molecule is C=N/C(=N\C(=N/Cc1ccc(OCC(CC)CCCC)cc1O)c1ccc(OCC(CC)CCCC)cc1N=O)c1ccc(OC)cc1. The molecule has 0 fully saturated rings. The Balaban J connectivity index is 1.94. The van der Waals surface area contributed by atoms with Crippen molar-refractivity contribution in [2.45, 2.75) is 85.6 Å². The van der Waals surface area contributed by atoms with Gasteiger partial charge in [0.1, 0.15) is 28.7 Å². The van der Waals surface area contributed by atoms with Crippen LogP contribution in [0.25, 0.3) is 0 Å². The third kappa shape index (κ3) is 11.6. The molecule has 0 heterocycles. The van der Waals surface area contributed by atoms with E-state index in [4.69, 9.17) is 24.2 Å². The van der Waals surface area contributed by atoms with Crippen LogP contribution in [-0.2, 0) is 6.54 Å². The van der Waals surface area contributed by atoms with E-state index in [2.05, 4.69) is 44.6 Å². The number of aliphatic imine (C=N–C) groups is 3. The van der Waals surface area contributed by atoms with Crippen molar-refractivity contribution >= 4 is 24.1 Å². The van der Waals surface area contributed by atoms with Crippen molar-refractivity contribution in [2.24, 2.45) is 32.0 Å². The first-order chi connectivity index (χ1) is 23.4. The summed E-state index contributed by atoms with van der Waals surface area (Å²) in [6.07, 6.45) is 8.89. The summed E-state index contributed by atoms with van der Waals surface area (Å²) >= 11 is 0. The number of phenolic OH excluding ortho intramolecular Hbond substituents is 1. The smallest absolute Gasteiger partial charge is 0.161 e. The quantitative estimate of drug-likeness (QED) is 0.0738. The standard InChI is InChI=1S/C39H52N4O5/c1-7-11-13-28(9-3)26-47-33-21-22-35(36(23-33)43-45)39(42-38(40-5)30-15-18-32(46-6)19-16-30)41-25-31-17-20-34(24-37(31)44)48-27-29(10-4)14-12-8-2/h15-24,28-29,44H,5,7-14,25-27H2,1-4,6H3/b41-39-,42-38-. The summed E-state index contributed by atoms with van der Waals surface area (Å²) in [6, 6.07) is 17.6. The summed E-state index contributed by atoms with van der Waals surface area (Å²) in [5.74, 6) is 3.33. The van der Waals surface area contributed by atoms with Crippen LogP contribution in [0.3, 0.4) is 0 Å². The lowest BCUT2D eigenvalue weighted by Crippen LogP contribution is -2.11. The molecule has 9 nitrogen and oxygen atoms in total. The van der Waals surface area contributed by atoms with Crippen LogP contribution in [-0.4, -0.2) is 43.8 Å². The maximum atomic E-state index is 12.2. The van der Waals surface area contributed by atoms with Crippen molar-refractivity contribution in [1.82, 2.24) is 0 Å². The number of benzene rings is 3. The van der Waals surface area contributed by atoms with Gasteiger partial charge in [0, 0.05) is 28.8 Å². The number of aromatic hydroxyl groups is 1. The van der Waals surface area contributed by atoms with Crippen LogP contribution in [0.15, 0.2) is 80.8 Å². The van der Waals surface area contributed by atoms with Crippen LogP contribution in [0, 0.1) is 16.7 Å². The predicted octanol–water partition coefficient (Wildman–Crippen LogP) is 10.1. The molecule has 1 N–H and O–H groups in total. The molecule has 0 aliphatic rings. The lowest BCUT2D eigenvalue weighted by Gasteiger charge is -2.16. The Labute approximate surface area is 286 Å². The molecule has 3 aromatic carbocycles. The number of rotatable bonds is 20. The third-order valence-electron chi connectivity index (χ3n) is 8.53. The molecule has 0 aromatic heterocycles. The molecule has 258 valence electrons. The van der Waals surface area contributed by atoms with Gasteiger partial charge < -0.3 is 19.3 Å². The first-order valence-corrected chi connectivity index (χ1v) is 17.2. The van der Waals surface area contributed by atoms with E-state index in [1.165, 1.54) is 6.42 Å². The zero-order valence-electron chi connectivity index (χ0n) is 29.3. The lowest BCUT2D eigenvalue weighted by molar-refractivity contribution is 0.232. The molecule has 0 spiro atoms. The molecule has 3 rings (SSSR count). The minimum Gasteiger partial charge on any atom is -0.507 e. The molecule has 2 atom stereocenters. The molecule has 0 saturated heterocycles. The van der Waals surface area contributed by atoms with Gasteiger partial charge in [-0.15, -0.1) is 4.91 Å². The second-order valence-corrected chi connectivity index (χ2v) is 12.0. The molecule has 0 aliphatic carbocycles. The normalized spacial score (nSPS) is 13.1. The summed E-state index contributed by atoms with van der Waals surface area (Å²) in [7, 11) is 1.60. The minimum atomic E-state index is 0.0597. The van der Waals surface area contributed by atoms with Gasteiger partial charge >= 0.3 is 0 Å². The predicted molar refractivity (Wildman–Crippen MR) is 197 cm³/mol. The van der Waals surface area contributed by atoms with Crippen LogP contribution < -0.4 is 14.2 Å². The van der Waals surface area contributed by atoms with Gasteiger partial charge in [0.2, 0.25) is 0 Å². The molecule has 3 aromatic rings.